The maximum absolute atomic E-state index is 6.14. The molecule has 0 N–H and O–H groups in total. The number of rotatable bonds is 5. The Morgan fingerprint density at radius 3 is 2.62 bits per heavy atom. The van der Waals surface area contributed by atoms with E-state index in [2.05, 4.69) is 63.4 Å². The molecule has 0 aliphatic carbocycles. The maximum Gasteiger partial charge on any atom is 0.253 e. The van der Waals surface area contributed by atoms with Gasteiger partial charge in [-0.15, -0.1) is 10.2 Å². The second-order valence-corrected chi connectivity index (χ2v) is 8.31. The van der Waals surface area contributed by atoms with Crippen LogP contribution in [0.15, 0.2) is 63.5 Å². The van der Waals surface area contributed by atoms with E-state index in [0.717, 1.165) is 36.3 Å². The number of aryl methyl sites for hydroxylation is 1. The summed E-state index contributed by atoms with van der Waals surface area (Å²) in [7, 11) is 2.16. The molecule has 0 fully saturated rings. The lowest BCUT2D eigenvalue weighted by Crippen LogP contribution is -2.39. The Hall–Kier alpha value is -3.45. The molecule has 7 nitrogen and oxygen atoms in total. The number of aromatic nitrogens is 3. The first-order valence-corrected chi connectivity index (χ1v) is 11.0. The highest BCUT2D eigenvalue weighted by atomic mass is 16.5. The Bertz CT molecular complexity index is 1200. The molecule has 1 aliphatic heterocycles. The van der Waals surface area contributed by atoms with Crippen LogP contribution in [0.2, 0.25) is 0 Å². The molecule has 2 aromatic carbocycles. The van der Waals surface area contributed by atoms with Gasteiger partial charge in [-0.2, -0.15) is 0 Å². The largest absolute Gasteiger partial charge is 0.419 e. The monoisotopic (exact) mass is 429 g/mol. The SMILES string of the molecule is CCC1CN(C)c2ccccc2CN1Cc1nnc(-c2c(-c3ccccc3)noc2C)o1. The van der Waals surface area contributed by atoms with Crippen molar-refractivity contribution in [1.29, 1.82) is 0 Å². The minimum Gasteiger partial charge on any atom is -0.419 e. The molecule has 1 atom stereocenters. The Kier molecular flexibility index (Phi) is 5.49. The number of hydrogen-bond donors (Lipinski definition) is 0. The molecule has 0 bridgehead atoms. The molecule has 2 aromatic heterocycles. The van der Waals surface area contributed by atoms with E-state index in [1.165, 1.54) is 11.3 Å². The Balaban J connectivity index is 1.43. The summed E-state index contributed by atoms with van der Waals surface area (Å²) in [4.78, 5) is 4.77. The fraction of sp³-hybridized carbons (Fsp3) is 0.320. The quantitative estimate of drug-likeness (QED) is 0.445. The molecule has 0 spiro atoms. The van der Waals surface area contributed by atoms with Crippen molar-refractivity contribution in [3.8, 4) is 22.7 Å². The number of anilines is 1. The van der Waals surface area contributed by atoms with E-state index in [4.69, 9.17) is 8.94 Å². The van der Waals surface area contributed by atoms with Gasteiger partial charge < -0.3 is 13.8 Å². The second kappa shape index (κ2) is 8.59. The minimum absolute atomic E-state index is 0.389. The average Bonchev–Trinajstić information content (AvgIpc) is 3.40. The lowest BCUT2D eigenvalue weighted by Gasteiger charge is -2.29. The molecule has 4 aromatic rings. The fourth-order valence-electron chi connectivity index (χ4n) is 4.48. The summed E-state index contributed by atoms with van der Waals surface area (Å²) in [5.74, 6) is 1.70. The molecule has 0 saturated carbocycles. The lowest BCUT2D eigenvalue weighted by molar-refractivity contribution is 0.165. The zero-order valence-corrected chi connectivity index (χ0v) is 18.7. The van der Waals surface area contributed by atoms with Crippen LogP contribution >= 0.6 is 0 Å². The van der Waals surface area contributed by atoms with Crippen LogP contribution in [-0.4, -0.2) is 39.9 Å². The van der Waals surface area contributed by atoms with Crippen molar-refractivity contribution in [2.75, 3.05) is 18.5 Å². The van der Waals surface area contributed by atoms with Gasteiger partial charge in [-0.05, 0) is 25.0 Å². The van der Waals surface area contributed by atoms with Gasteiger partial charge in [-0.25, -0.2) is 0 Å². The summed E-state index contributed by atoms with van der Waals surface area (Å²) in [6, 6.07) is 18.9. The van der Waals surface area contributed by atoms with Crippen LogP contribution < -0.4 is 4.90 Å². The molecule has 5 rings (SSSR count). The molecule has 0 amide bonds. The predicted octanol–water partition coefficient (Wildman–Crippen LogP) is 4.93. The fourth-order valence-corrected chi connectivity index (χ4v) is 4.48. The molecular weight excluding hydrogens is 402 g/mol. The van der Waals surface area contributed by atoms with Gasteiger partial charge in [-0.1, -0.05) is 60.6 Å². The summed E-state index contributed by atoms with van der Waals surface area (Å²) in [6.07, 6.45) is 1.04. The third-order valence-electron chi connectivity index (χ3n) is 6.18. The van der Waals surface area contributed by atoms with Gasteiger partial charge in [0.1, 0.15) is 17.0 Å². The third kappa shape index (κ3) is 3.80. The van der Waals surface area contributed by atoms with Gasteiger partial charge in [-0.3, -0.25) is 4.90 Å². The predicted molar refractivity (Wildman–Crippen MR) is 123 cm³/mol. The zero-order valence-electron chi connectivity index (χ0n) is 18.7. The highest BCUT2D eigenvalue weighted by Crippen LogP contribution is 2.34. The van der Waals surface area contributed by atoms with E-state index in [-0.39, 0.29) is 0 Å². The van der Waals surface area contributed by atoms with Gasteiger partial charge in [0.25, 0.3) is 5.89 Å². The summed E-state index contributed by atoms with van der Waals surface area (Å²) in [5, 5.41) is 13.0. The van der Waals surface area contributed by atoms with E-state index in [0.29, 0.717) is 30.1 Å². The van der Waals surface area contributed by atoms with Crippen molar-refractivity contribution in [2.45, 2.75) is 39.4 Å². The van der Waals surface area contributed by atoms with Crippen molar-refractivity contribution in [3.63, 3.8) is 0 Å². The standard InChI is InChI=1S/C25H27N5O2/c1-4-20-15-29(3)21-13-9-8-12-19(21)14-30(20)16-22-26-27-25(31-22)23-17(2)32-28-24(23)18-10-6-5-7-11-18/h5-13,20H,4,14-16H2,1-3H3. The highest BCUT2D eigenvalue weighted by molar-refractivity contribution is 5.77. The topological polar surface area (TPSA) is 71.4 Å². The Morgan fingerprint density at radius 1 is 1.03 bits per heavy atom. The highest BCUT2D eigenvalue weighted by Gasteiger charge is 2.27. The van der Waals surface area contributed by atoms with Crippen LogP contribution in [0.25, 0.3) is 22.7 Å². The molecule has 7 heteroatoms. The molecule has 3 heterocycles. The summed E-state index contributed by atoms with van der Waals surface area (Å²) in [6.45, 7) is 6.50. The molecule has 1 unspecified atom stereocenters. The first-order valence-electron chi connectivity index (χ1n) is 11.0. The van der Waals surface area contributed by atoms with Gasteiger partial charge in [0.15, 0.2) is 0 Å². The first kappa shape index (κ1) is 20.5. The number of likely N-dealkylation sites (N-methyl/N-ethyl adjacent to an activating group) is 1. The van der Waals surface area contributed by atoms with Crippen LogP contribution in [0.5, 0.6) is 0 Å². The smallest absolute Gasteiger partial charge is 0.253 e. The first-order chi connectivity index (χ1) is 15.6. The number of benzene rings is 2. The van der Waals surface area contributed by atoms with Crippen LogP contribution in [0, 0.1) is 6.92 Å². The average molecular weight is 430 g/mol. The third-order valence-corrected chi connectivity index (χ3v) is 6.18. The number of nitrogens with zero attached hydrogens (tertiary/aromatic N) is 5. The van der Waals surface area contributed by atoms with Gasteiger partial charge in [0.05, 0.1) is 6.54 Å². The van der Waals surface area contributed by atoms with E-state index in [9.17, 15) is 0 Å². The van der Waals surface area contributed by atoms with Gasteiger partial charge in [0.2, 0.25) is 5.89 Å². The Morgan fingerprint density at radius 2 is 1.81 bits per heavy atom. The minimum atomic E-state index is 0.389. The summed E-state index contributed by atoms with van der Waals surface area (Å²) < 4.78 is 11.6. The molecule has 164 valence electrons. The maximum atomic E-state index is 6.14. The van der Waals surface area contributed by atoms with Crippen LogP contribution in [0.4, 0.5) is 5.69 Å². The number of hydrogen-bond acceptors (Lipinski definition) is 7. The van der Waals surface area contributed by atoms with Crippen molar-refractivity contribution >= 4 is 5.69 Å². The molecular formula is C25H27N5O2. The van der Waals surface area contributed by atoms with Crippen molar-refractivity contribution in [3.05, 3.63) is 71.8 Å². The van der Waals surface area contributed by atoms with Crippen LogP contribution in [0.1, 0.15) is 30.6 Å². The van der Waals surface area contributed by atoms with E-state index in [1.54, 1.807) is 0 Å². The zero-order chi connectivity index (χ0) is 22.1. The van der Waals surface area contributed by atoms with Gasteiger partial charge in [0, 0.05) is 37.4 Å². The lowest BCUT2D eigenvalue weighted by atomic mass is 10.1. The molecule has 1 aliphatic rings. The normalized spacial score (nSPS) is 16.7. The number of fused-ring (bicyclic) bond motifs is 1. The van der Waals surface area contributed by atoms with E-state index in [1.807, 2.05) is 37.3 Å². The van der Waals surface area contributed by atoms with Crippen molar-refractivity contribution < 1.29 is 8.94 Å². The molecule has 32 heavy (non-hydrogen) atoms. The van der Waals surface area contributed by atoms with Crippen LogP contribution in [0.3, 0.4) is 0 Å². The summed E-state index contributed by atoms with van der Waals surface area (Å²) >= 11 is 0. The van der Waals surface area contributed by atoms with E-state index < -0.39 is 0 Å². The second-order valence-electron chi connectivity index (χ2n) is 8.31. The Labute approximate surface area is 187 Å². The van der Waals surface area contributed by atoms with Gasteiger partial charge >= 0.3 is 0 Å². The summed E-state index contributed by atoms with van der Waals surface area (Å²) in [5.41, 5.74) is 5.02. The molecule has 0 saturated heterocycles. The van der Waals surface area contributed by atoms with E-state index >= 15 is 0 Å². The van der Waals surface area contributed by atoms with Crippen LogP contribution in [-0.2, 0) is 13.1 Å². The van der Waals surface area contributed by atoms with Crippen molar-refractivity contribution in [2.24, 2.45) is 0 Å². The van der Waals surface area contributed by atoms with Crippen molar-refractivity contribution in [1.82, 2.24) is 20.3 Å². The molecule has 0 radical (unpaired) electrons. The number of para-hydroxylation sites is 1.